The van der Waals surface area contributed by atoms with Gasteiger partial charge in [0.25, 0.3) is 0 Å². The molecule has 0 spiro atoms. The average molecular weight is 413 g/mol. The third kappa shape index (κ3) is 3.62. The molecule has 9 heteroatoms. The highest BCUT2D eigenvalue weighted by Crippen LogP contribution is 2.31. The van der Waals surface area contributed by atoms with Gasteiger partial charge in [0.1, 0.15) is 9.77 Å². The minimum atomic E-state index is -3.71. The number of carbonyl (C=O) groups excluding carboxylic acids is 1. The highest BCUT2D eigenvalue weighted by Gasteiger charge is 2.33. The van der Waals surface area contributed by atoms with E-state index in [0.717, 1.165) is 17.0 Å². The second-order valence-corrected chi connectivity index (χ2v) is 9.34. The van der Waals surface area contributed by atoms with E-state index >= 15 is 0 Å². The van der Waals surface area contributed by atoms with Crippen LogP contribution in [0.4, 0.5) is 5.69 Å². The predicted molar refractivity (Wildman–Crippen MR) is 105 cm³/mol. The van der Waals surface area contributed by atoms with Crippen molar-refractivity contribution < 1.29 is 17.9 Å². The van der Waals surface area contributed by atoms with E-state index in [9.17, 15) is 13.2 Å². The van der Waals surface area contributed by atoms with Gasteiger partial charge in [0.2, 0.25) is 10.0 Å². The maximum atomic E-state index is 13.0. The van der Waals surface area contributed by atoms with Gasteiger partial charge >= 0.3 is 5.97 Å². The summed E-state index contributed by atoms with van der Waals surface area (Å²) in [7, 11) is -2.46. The van der Waals surface area contributed by atoms with Crippen molar-refractivity contribution in [2.45, 2.75) is 9.79 Å². The second kappa shape index (κ2) is 7.99. The molecule has 0 N–H and O–H groups in total. The highest BCUT2D eigenvalue weighted by atomic mass is 32.2. The van der Waals surface area contributed by atoms with E-state index in [0.29, 0.717) is 26.2 Å². The zero-order chi connectivity index (χ0) is 18.7. The van der Waals surface area contributed by atoms with Crippen LogP contribution >= 0.6 is 23.1 Å². The van der Waals surface area contributed by atoms with Gasteiger partial charge in [0.15, 0.2) is 0 Å². The molecular formula is C17H20N2O4S3. The number of thioether (sulfide) groups is 1. The van der Waals surface area contributed by atoms with Gasteiger partial charge in [-0.1, -0.05) is 12.1 Å². The molecule has 2 aromatic rings. The second-order valence-electron chi connectivity index (χ2n) is 5.67. The molecule has 0 aliphatic carbocycles. The van der Waals surface area contributed by atoms with Crippen molar-refractivity contribution in [3.8, 4) is 0 Å². The molecule has 6 nitrogen and oxygen atoms in total. The van der Waals surface area contributed by atoms with Crippen molar-refractivity contribution in [2.24, 2.45) is 0 Å². The molecular weight excluding hydrogens is 392 g/mol. The molecule has 0 bridgehead atoms. The first-order valence-electron chi connectivity index (χ1n) is 8.03. The first kappa shape index (κ1) is 19.2. The van der Waals surface area contributed by atoms with Crippen molar-refractivity contribution in [1.29, 1.82) is 0 Å². The molecule has 3 rings (SSSR count). The maximum Gasteiger partial charge on any atom is 0.349 e. The van der Waals surface area contributed by atoms with Crippen LogP contribution in [0.25, 0.3) is 0 Å². The lowest BCUT2D eigenvalue weighted by molar-refractivity contribution is 0.0602. The van der Waals surface area contributed by atoms with Gasteiger partial charge in [-0.05, 0) is 29.8 Å². The van der Waals surface area contributed by atoms with Crippen LogP contribution in [-0.4, -0.2) is 58.2 Å². The van der Waals surface area contributed by atoms with Crippen LogP contribution in [0.2, 0.25) is 0 Å². The van der Waals surface area contributed by atoms with E-state index in [4.69, 9.17) is 4.74 Å². The number of hydrogen-bond acceptors (Lipinski definition) is 7. The molecule has 140 valence electrons. The Balaban J connectivity index is 1.77. The van der Waals surface area contributed by atoms with Crippen molar-refractivity contribution in [3.05, 3.63) is 40.6 Å². The summed E-state index contributed by atoms with van der Waals surface area (Å²) < 4.78 is 32.1. The molecule has 1 aromatic carbocycles. The fourth-order valence-corrected chi connectivity index (χ4v) is 6.29. The van der Waals surface area contributed by atoms with Crippen LogP contribution in [0.15, 0.2) is 45.5 Å². The van der Waals surface area contributed by atoms with Crippen molar-refractivity contribution in [3.63, 3.8) is 0 Å². The Labute approximate surface area is 161 Å². The normalized spacial score (nSPS) is 15.8. The summed E-state index contributed by atoms with van der Waals surface area (Å²) in [5, 5.41) is 1.60. The molecule has 1 saturated heterocycles. The zero-order valence-electron chi connectivity index (χ0n) is 14.5. The number of ether oxygens (including phenoxy) is 1. The van der Waals surface area contributed by atoms with Crippen molar-refractivity contribution in [1.82, 2.24) is 4.31 Å². The summed E-state index contributed by atoms with van der Waals surface area (Å²) >= 11 is 2.76. The van der Waals surface area contributed by atoms with Crippen molar-refractivity contribution in [2.75, 3.05) is 44.4 Å². The number of sulfonamides is 1. The van der Waals surface area contributed by atoms with E-state index in [1.54, 1.807) is 17.1 Å². The number of para-hydroxylation sites is 1. The fraction of sp³-hybridized carbons (Fsp3) is 0.353. The van der Waals surface area contributed by atoms with Gasteiger partial charge in [-0.3, -0.25) is 0 Å². The summed E-state index contributed by atoms with van der Waals surface area (Å²) in [5.41, 5.74) is 1.13. The smallest absolute Gasteiger partial charge is 0.349 e. The number of methoxy groups -OCH3 is 1. The Morgan fingerprint density at radius 2 is 1.85 bits per heavy atom. The largest absolute Gasteiger partial charge is 0.465 e. The van der Waals surface area contributed by atoms with Gasteiger partial charge in [0, 0.05) is 31.1 Å². The molecule has 1 fully saturated rings. The lowest BCUT2D eigenvalue weighted by atomic mass is 10.2. The van der Waals surface area contributed by atoms with Crippen LogP contribution < -0.4 is 4.90 Å². The molecule has 0 atom stereocenters. The van der Waals surface area contributed by atoms with Crippen LogP contribution in [0.1, 0.15) is 9.67 Å². The number of piperazine rings is 1. The first-order chi connectivity index (χ1) is 12.5. The maximum absolute atomic E-state index is 13.0. The highest BCUT2D eigenvalue weighted by molar-refractivity contribution is 7.98. The van der Waals surface area contributed by atoms with Crippen LogP contribution in [0.5, 0.6) is 0 Å². The lowest BCUT2D eigenvalue weighted by Gasteiger charge is -2.36. The monoisotopic (exact) mass is 412 g/mol. The Morgan fingerprint density at radius 1 is 1.15 bits per heavy atom. The molecule has 26 heavy (non-hydrogen) atoms. The number of rotatable bonds is 5. The molecule has 2 heterocycles. The molecule has 0 amide bonds. The van der Waals surface area contributed by atoms with E-state index in [-0.39, 0.29) is 9.77 Å². The van der Waals surface area contributed by atoms with E-state index in [1.807, 2.05) is 18.4 Å². The number of carbonyl (C=O) groups is 1. The molecule has 1 aliphatic heterocycles. The number of anilines is 1. The Morgan fingerprint density at radius 3 is 2.50 bits per heavy atom. The molecule has 1 aromatic heterocycles. The number of benzene rings is 1. The predicted octanol–water partition coefficient (Wildman–Crippen LogP) is 2.77. The minimum Gasteiger partial charge on any atom is -0.465 e. The van der Waals surface area contributed by atoms with Gasteiger partial charge in [0.05, 0.1) is 12.8 Å². The fourth-order valence-electron chi connectivity index (χ4n) is 2.94. The van der Waals surface area contributed by atoms with Gasteiger partial charge in [-0.15, -0.1) is 23.1 Å². The van der Waals surface area contributed by atoms with Gasteiger partial charge in [-0.25, -0.2) is 13.2 Å². The zero-order valence-corrected chi connectivity index (χ0v) is 17.0. The SMILES string of the molecule is COC(=O)c1sccc1S(=O)(=O)N1CCN(c2ccccc2SC)CC1. The standard InChI is InChI=1S/C17H20N2O4S3/c1-23-17(20)16-15(7-12-25-16)26(21,22)19-10-8-18(9-11-19)13-5-3-4-6-14(13)24-2/h3-7,12H,8-11H2,1-2H3. The summed E-state index contributed by atoms with van der Waals surface area (Å²) in [6, 6.07) is 9.59. The Bertz CT molecular complexity index is 887. The van der Waals surface area contributed by atoms with Crippen LogP contribution in [-0.2, 0) is 14.8 Å². The Hall–Kier alpha value is -1.55. The number of nitrogens with zero attached hydrogens (tertiary/aromatic N) is 2. The van der Waals surface area contributed by atoms with Crippen LogP contribution in [0, 0.1) is 0 Å². The topological polar surface area (TPSA) is 66.9 Å². The number of thiophene rings is 1. The summed E-state index contributed by atoms with van der Waals surface area (Å²) in [6.45, 7) is 1.96. The van der Waals surface area contributed by atoms with Gasteiger partial charge in [-0.2, -0.15) is 4.31 Å². The Kier molecular flexibility index (Phi) is 5.91. The molecule has 0 radical (unpaired) electrons. The van der Waals surface area contributed by atoms with Crippen molar-refractivity contribution >= 4 is 44.8 Å². The molecule has 1 aliphatic rings. The summed E-state index contributed by atoms with van der Waals surface area (Å²) in [6.07, 6.45) is 2.03. The number of hydrogen-bond donors (Lipinski definition) is 0. The number of esters is 1. The quantitative estimate of drug-likeness (QED) is 0.556. The summed E-state index contributed by atoms with van der Waals surface area (Å²) in [4.78, 5) is 15.4. The average Bonchev–Trinajstić information content (AvgIpc) is 3.18. The third-order valence-corrected chi connectivity index (χ3v) is 8.03. The molecule has 0 saturated carbocycles. The van der Waals surface area contributed by atoms with Crippen LogP contribution in [0.3, 0.4) is 0 Å². The minimum absolute atomic E-state index is 0.0345. The third-order valence-electron chi connectivity index (χ3n) is 4.28. The van der Waals surface area contributed by atoms with Gasteiger partial charge < -0.3 is 9.64 Å². The van der Waals surface area contributed by atoms with E-state index in [1.165, 1.54) is 22.4 Å². The summed E-state index contributed by atoms with van der Waals surface area (Å²) in [5.74, 6) is -0.619. The first-order valence-corrected chi connectivity index (χ1v) is 11.6. The molecule has 0 unspecified atom stereocenters. The van der Waals surface area contributed by atoms with E-state index in [2.05, 4.69) is 17.0 Å². The van der Waals surface area contributed by atoms with E-state index < -0.39 is 16.0 Å². The lowest BCUT2D eigenvalue weighted by Crippen LogP contribution is -2.48.